The Kier molecular flexibility index (Phi) is 4.99. The predicted octanol–water partition coefficient (Wildman–Crippen LogP) is 5.16. The average Bonchev–Trinajstić information content (AvgIpc) is 2.57. The van der Waals surface area contributed by atoms with Gasteiger partial charge >= 0.3 is 0 Å². The molecule has 7 heteroatoms. The molecule has 3 aromatic rings. The largest absolute Gasteiger partial charge is 0.263 e. The molecule has 0 aliphatic rings. The van der Waals surface area contributed by atoms with Crippen LogP contribution in [0.5, 0.6) is 0 Å². The standard InChI is InChI=1S/C18H14Cl2N2O2S/c1-12-3-2-4-18(21-12)22-25(23,24)15-8-5-13(6-9-15)14-7-10-16(19)17(20)11-14/h2-11H,1H3,(H,21,22). The molecule has 0 amide bonds. The van der Waals surface area contributed by atoms with Crippen molar-refractivity contribution in [3.8, 4) is 11.1 Å². The Bertz CT molecular complexity index is 1020. The summed E-state index contributed by atoms with van der Waals surface area (Å²) in [7, 11) is -3.70. The van der Waals surface area contributed by atoms with Crippen LogP contribution in [0.4, 0.5) is 5.82 Å². The fourth-order valence-electron chi connectivity index (χ4n) is 2.30. The number of pyridine rings is 1. The molecule has 0 aliphatic heterocycles. The summed E-state index contributed by atoms with van der Waals surface area (Å²) in [5.41, 5.74) is 2.42. The molecule has 0 fully saturated rings. The number of anilines is 1. The number of hydrogen-bond acceptors (Lipinski definition) is 3. The molecule has 128 valence electrons. The van der Waals surface area contributed by atoms with Crippen LogP contribution >= 0.6 is 23.2 Å². The quantitative estimate of drug-likeness (QED) is 0.666. The monoisotopic (exact) mass is 392 g/mol. The van der Waals surface area contributed by atoms with Crippen LogP contribution in [0.3, 0.4) is 0 Å². The van der Waals surface area contributed by atoms with Gasteiger partial charge in [0.1, 0.15) is 5.82 Å². The molecule has 0 bridgehead atoms. The van der Waals surface area contributed by atoms with E-state index in [1.807, 2.05) is 6.07 Å². The summed E-state index contributed by atoms with van der Waals surface area (Å²) in [6.45, 7) is 1.80. The highest BCUT2D eigenvalue weighted by Crippen LogP contribution is 2.29. The number of benzene rings is 2. The van der Waals surface area contributed by atoms with Gasteiger partial charge in [-0.2, -0.15) is 0 Å². The Morgan fingerprint density at radius 1 is 0.880 bits per heavy atom. The van der Waals surface area contributed by atoms with E-state index in [0.717, 1.165) is 16.8 Å². The van der Waals surface area contributed by atoms with Crippen LogP contribution in [-0.4, -0.2) is 13.4 Å². The van der Waals surface area contributed by atoms with Crippen molar-refractivity contribution in [3.63, 3.8) is 0 Å². The molecule has 0 radical (unpaired) electrons. The van der Waals surface area contributed by atoms with Crippen molar-refractivity contribution in [1.29, 1.82) is 0 Å². The SMILES string of the molecule is Cc1cccc(NS(=O)(=O)c2ccc(-c3ccc(Cl)c(Cl)c3)cc2)n1. The minimum atomic E-state index is -3.70. The number of nitrogens with one attached hydrogen (secondary N) is 1. The molecule has 0 spiro atoms. The number of hydrogen-bond donors (Lipinski definition) is 1. The van der Waals surface area contributed by atoms with E-state index in [9.17, 15) is 8.42 Å². The van der Waals surface area contributed by atoms with E-state index in [1.54, 1.807) is 49.4 Å². The van der Waals surface area contributed by atoms with Crippen LogP contribution in [0.2, 0.25) is 10.0 Å². The van der Waals surface area contributed by atoms with Crippen molar-refractivity contribution < 1.29 is 8.42 Å². The molecule has 0 unspecified atom stereocenters. The van der Waals surface area contributed by atoms with Gasteiger partial charge in [-0.1, -0.05) is 47.5 Å². The Hall–Kier alpha value is -2.08. The van der Waals surface area contributed by atoms with Gasteiger partial charge in [0.25, 0.3) is 10.0 Å². The second kappa shape index (κ2) is 7.04. The second-order valence-corrected chi connectivity index (χ2v) is 7.92. The maximum atomic E-state index is 12.5. The van der Waals surface area contributed by atoms with Gasteiger partial charge in [-0.25, -0.2) is 13.4 Å². The summed E-state index contributed by atoms with van der Waals surface area (Å²) in [6, 6.07) is 16.9. The topological polar surface area (TPSA) is 59.1 Å². The van der Waals surface area contributed by atoms with Gasteiger partial charge in [-0.05, 0) is 54.4 Å². The fourth-order valence-corrected chi connectivity index (χ4v) is 3.60. The molecule has 3 rings (SSSR count). The Morgan fingerprint density at radius 2 is 1.56 bits per heavy atom. The maximum Gasteiger partial charge on any atom is 0.263 e. The molecular weight excluding hydrogens is 379 g/mol. The number of halogens is 2. The van der Waals surface area contributed by atoms with Crippen LogP contribution in [-0.2, 0) is 10.0 Å². The summed E-state index contributed by atoms with van der Waals surface area (Å²) < 4.78 is 27.4. The summed E-state index contributed by atoms with van der Waals surface area (Å²) in [5.74, 6) is 0.286. The molecule has 0 saturated carbocycles. The maximum absolute atomic E-state index is 12.5. The lowest BCUT2D eigenvalue weighted by Crippen LogP contribution is -2.14. The van der Waals surface area contributed by atoms with Gasteiger partial charge in [0.2, 0.25) is 0 Å². The molecule has 4 nitrogen and oxygen atoms in total. The molecule has 1 N–H and O–H groups in total. The number of aryl methyl sites for hydroxylation is 1. The van der Waals surface area contributed by atoms with Gasteiger partial charge < -0.3 is 0 Å². The lowest BCUT2D eigenvalue weighted by molar-refractivity contribution is 0.601. The molecule has 0 saturated heterocycles. The van der Waals surface area contributed by atoms with Crippen molar-refractivity contribution in [3.05, 3.63) is 76.4 Å². The third kappa shape index (κ3) is 4.12. The van der Waals surface area contributed by atoms with E-state index in [2.05, 4.69) is 9.71 Å². The van der Waals surface area contributed by atoms with E-state index in [0.29, 0.717) is 10.0 Å². The highest BCUT2D eigenvalue weighted by Gasteiger charge is 2.15. The summed E-state index contributed by atoms with van der Waals surface area (Å²) in [4.78, 5) is 4.30. The fraction of sp³-hybridized carbons (Fsp3) is 0.0556. The van der Waals surface area contributed by atoms with E-state index < -0.39 is 10.0 Å². The molecule has 0 atom stereocenters. The van der Waals surface area contributed by atoms with Crippen LogP contribution < -0.4 is 4.72 Å². The van der Waals surface area contributed by atoms with E-state index in [-0.39, 0.29) is 10.7 Å². The normalized spacial score (nSPS) is 11.3. The predicted molar refractivity (Wildman–Crippen MR) is 102 cm³/mol. The lowest BCUT2D eigenvalue weighted by Gasteiger charge is -2.09. The lowest BCUT2D eigenvalue weighted by atomic mass is 10.1. The van der Waals surface area contributed by atoms with Gasteiger partial charge in [0, 0.05) is 5.69 Å². The molecular formula is C18H14Cl2N2O2S. The van der Waals surface area contributed by atoms with Crippen LogP contribution in [0, 0.1) is 6.92 Å². The van der Waals surface area contributed by atoms with Gasteiger partial charge in [-0.3, -0.25) is 4.72 Å². The Balaban J connectivity index is 1.87. The number of aromatic nitrogens is 1. The average molecular weight is 393 g/mol. The van der Waals surface area contributed by atoms with Crippen LogP contribution in [0.25, 0.3) is 11.1 Å². The third-order valence-corrected chi connectivity index (χ3v) is 5.65. The Labute approximate surface area is 156 Å². The van der Waals surface area contributed by atoms with Gasteiger partial charge in [-0.15, -0.1) is 0 Å². The molecule has 1 heterocycles. The van der Waals surface area contributed by atoms with Crippen molar-refractivity contribution in [1.82, 2.24) is 4.98 Å². The molecule has 0 aliphatic carbocycles. The van der Waals surface area contributed by atoms with Crippen molar-refractivity contribution in [2.45, 2.75) is 11.8 Å². The summed E-state index contributed by atoms with van der Waals surface area (Å²) in [5, 5.41) is 0.919. The van der Waals surface area contributed by atoms with Crippen molar-refractivity contribution in [2.24, 2.45) is 0 Å². The number of rotatable bonds is 4. The highest BCUT2D eigenvalue weighted by atomic mass is 35.5. The minimum Gasteiger partial charge on any atom is -0.263 e. The summed E-state index contributed by atoms with van der Waals surface area (Å²) >= 11 is 11.9. The van der Waals surface area contributed by atoms with Crippen molar-refractivity contribution in [2.75, 3.05) is 4.72 Å². The first-order chi connectivity index (χ1) is 11.8. The molecule has 2 aromatic carbocycles. The van der Waals surface area contributed by atoms with Gasteiger partial charge in [0.15, 0.2) is 0 Å². The van der Waals surface area contributed by atoms with E-state index in [4.69, 9.17) is 23.2 Å². The first kappa shape index (κ1) is 17.7. The third-order valence-electron chi connectivity index (χ3n) is 3.54. The first-order valence-corrected chi connectivity index (χ1v) is 9.61. The Morgan fingerprint density at radius 3 is 2.20 bits per heavy atom. The van der Waals surface area contributed by atoms with E-state index in [1.165, 1.54) is 12.1 Å². The highest BCUT2D eigenvalue weighted by molar-refractivity contribution is 7.92. The zero-order chi connectivity index (χ0) is 18.0. The molecule has 25 heavy (non-hydrogen) atoms. The number of sulfonamides is 1. The number of nitrogens with zero attached hydrogens (tertiary/aromatic N) is 1. The van der Waals surface area contributed by atoms with E-state index >= 15 is 0 Å². The zero-order valence-electron chi connectivity index (χ0n) is 13.2. The second-order valence-electron chi connectivity index (χ2n) is 5.42. The minimum absolute atomic E-state index is 0.152. The summed E-state index contributed by atoms with van der Waals surface area (Å²) in [6.07, 6.45) is 0. The zero-order valence-corrected chi connectivity index (χ0v) is 15.5. The molecule has 1 aromatic heterocycles. The van der Waals surface area contributed by atoms with Crippen LogP contribution in [0.1, 0.15) is 5.69 Å². The first-order valence-electron chi connectivity index (χ1n) is 7.37. The van der Waals surface area contributed by atoms with Crippen LogP contribution in [0.15, 0.2) is 65.6 Å². The van der Waals surface area contributed by atoms with Crippen molar-refractivity contribution >= 4 is 39.0 Å². The van der Waals surface area contributed by atoms with Gasteiger partial charge in [0.05, 0.1) is 14.9 Å². The smallest absolute Gasteiger partial charge is 0.263 e.